The zero-order valence-corrected chi connectivity index (χ0v) is 13.0. The van der Waals surface area contributed by atoms with Crippen molar-refractivity contribution < 1.29 is 9.53 Å². The molecule has 3 heteroatoms. The van der Waals surface area contributed by atoms with Crippen LogP contribution in [0.4, 0.5) is 0 Å². The predicted octanol–water partition coefficient (Wildman–Crippen LogP) is 4.80. The number of hydrogen-bond acceptors (Lipinski definition) is 2. The van der Waals surface area contributed by atoms with Crippen molar-refractivity contribution in [3.05, 3.63) is 106 Å². The van der Waals surface area contributed by atoms with Crippen molar-refractivity contribution in [1.82, 2.24) is 0 Å². The van der Waals surface area contributed by atoms with Crippen LogP contribution in [0.3, 0.4) is 0 Å². The number of halogens is 1. The monoisotopic (exact) mass is 320 g/mol. The first-order chi connectivity index (χ1) is 11.2. The summed E-state index contributed by atoms with van der Waals surface area (Å²) in [4.78, 5) is 12.5. The number of esters is 1. The van der Waals surface area contributed by atoms with Gasteiger partial charge in [0.25, 0.3) is 0 Å². The van der Waals surface area contributed by atoms with Crippen molar-refractivity contribution >= 4 is 17.6 Å². The standard InChI is InChI=1S/C20H13ClO2/c21-16-10-6-9-15(13-16)20(14-7-2-1-3-8-14)18-12-5-4-11-17(18)19(22)23-20/h1-13H. The molecule has 2 nitrogen and oxygen atoms in total. The minimum absolute atomic E-state index is 0.315. The second-order valence-electron chi connectivity index (χ2n) is 5.49. The van der Waals surface area contributed by atoms with Crippen molar-refractivity contribution in [3.63, 3.8) is 0 Å². The Morgan fingerprint density at radius 2 is 1.48 bits per heavy atom. The van der Waals surface area contributed by atoms with E-state index >= 15 is 0 Å². The molecule has 1 atom stereocenters. The molecule has 0 amide bonds. The van der Waals surface area contributed by atoms with E-state index in [0.717, 1.165) is 16.7 Å². The van der Waals surface area contributed by atoms with Crippen LogP contribution in [0.5, 0.6) is 0 Å². The predicted molar refractivity (Wildman–Crippen MR) is 89.6 cm³/mol. The van der Waals surface area contributed by atoms with Crippen LogP contribution >= 0.6 is 11.6 Å². The Balaban J connectivity index is 2.07. The van der Waals surface area contributed by atoms with Crippen LogP contribution in [-0.4, -0.2) is 5.97 Å². The van der Waals surface area contributed by atoms with E-state index in [2.05, 4.69) is 0 Å². The van der Waals surface area contributed by atoms with Gasteiger partial charge in [-0.25, -0.2) is 4.79 Å². The van der Waals surface area contributed by atoms with Crippen LogP contribution in [0.25, 0.3) is 0 Å². The molecule has 3 aromatic carbocycles. The lowest BCUT2D eigenvalue weighted by molar-refractivity contribution is 0.0251. The number of hydrogen-bond donors (Lipinski definition) is 0. The van der Waals surface area contributed by atoms with Crippen molar-refractivity contribution in [2.75, 3.05) is 0 Å². The smallest absolute Gasteiger partial charge is 0.340 e. The molecule has 0 saturated heterocycles. The van der Waals surface area contributed by atoms with Crippen molar-refractivity contribution in [1.29, 1.82) is 0 Å². The molecule has 0 fully saturated rings. The van der Waals surface area contributed by atoms with E-state index in [0.29, 0.717) is 10.6 Å². The summed E-state index contributed by atoms with van der Waals surface area (Å²) in [5.41, 5.74) is 2.23. The molecule has 1 aliphatic heterocycles. The fourth-order valence-electron chi connectivity index (χ4n) is 3.19. The Labute approximate surface area is 139 Å². The molecule has 3 aromatic rings. The van der Waals surface area contributed by atoms with Gasteiger partial charge < -0.3 is 4.74 Å². The SMILES string of the molecule is O=C1OC(c2ccccc2)(c2cccc(Cl)c2)c2ccccc21. The third-order valence-electron chi connectivity index (χ3n) is 4.18. The molecule has 23 heavy (non-hydrogen) atoms. The minimum atomic E-state index is -0.958. The van der Waals surface area contributed by atoms with Gasteiger partial charge in [-0.05, 0) is 18.2 Å². The van der Waals surface area contributed by atoms with Gasteiger partial charge in [0.2, 0.25) is 0 Å². The average Bonchev–Trinajstić information content (AvgIpc) is 2.90. The molecular formula is C20H13ClO2. The van der Waals surface area contributed by atoms with Gasteiger partial charge >= 0.3 is 5.97 Å². The van der Waals surface area contributed by atoms with E-state index in [9.17, 15) is 4.79 Å². The number of cyclic esters (lactones) is 1. The summed E-state index contributed by atoms with van der Waals surface area (Å²) >= 11 is 6.20. The molecule has 0 bridgehead atoms. The quantitative estimate of drug-likeness (QED) is 0.634. The second kappa shape index (κ2) is 5.25. The van der Waals surface area contributed by atoms with Crippen LogP contribution < -0.4 is 0 Å². The maximum atomic E-state index is 12.5. The highest BCUT2D eigenvalue weighted by atomic mass is 35.5. The molecule has 112 valence electrons. The maximum absolute atomic E-state index is 12.5. The van der Waals surface area contributed by atoms with Gasteiger partial charge in [0.05, 0.1) is 5.56 Å². The minimum Gasteiger partial charge on any atom is -0.441 e. The summed E-state index contributed by atoms with van der Waals surface area (Å²) in [7, 11) is 0. The summed E-state index contributed by atoms with van der Waals surface area (Å²) in [6.07, 6.45) is 0. The Bertz CT molecular complexity index is 889. The fraction of sp³-hybridized carbons (Fsp3) is 0.0500. The Morgan fingerprint density at radius 1 is 0.783 bits per heavy atom. The molecule has 0 aromatic heterocycles. The number of benzene rings is 3. The number of fused-ring (bicyclic) bond motifs is 1. The molecule has 0 saturated carbocycles. The normalized spacial score (nSPS) is 19.3. The zero-order chi connectivity index (χ0) is 15.9. The summed E-state index contributed by atoms with van der Waals surface area (Å²) in [6.45, 7) is 0. The van der Waals surface area contributed by atoms with Crippen LogP contribution in [0.15, 0.2) is 78.9 Å². The highest BCUT2D eigenvalue weighted by Gasteiger charge is 2.48. The summed E-state index contributed by atoms with van der Waals surface area (Å²) in [6, 6.07) is 24.7. The highest BCUT2D eigenvalue weighted by molar-refractivity contribution is 6.30. The van der Waals surface area contributed by atoms with Gasteiger partial charge in [0, 0.05) is 21.7 Å². The van der Waals surface area contributed by atoms with Crippen molar-refractivity contribution in [2.24, 2.45) is 0 Å². The van der Waals surface area contributed by atoms with Crippen LogP contribution in [0.2, 0.25) is 5.02 Å². The molecule has 4 rings (SSSR count). The third kappa shape index (κ3) is 2.07. The van der Waals surface area contributed by atoms with Crippen LogP contribution in [0, 0.1) is 0 Å². The Kier molecular flexibility index (Phi) is 3.21. The van der Waals surface area contributed by atoms with Gasteiger partial charge in [0.1, 0.15) is 0 Å². The van der Waals surface area contributed by atoms with E-state index < -0.39 is 5.60 Å². The maximum Gasteiger partial charge on any atom is 0.340 e. The van der Waals surface area contributed by atoms with Gasteiger partial charge in [0.15, 0.2) is 5.60 Å². The summed E-state index contributed by atoms with van der Waals surface area (Å²) in [5.74, 6) is -0.315. The van der Waals surface area contributed by atoms with Crippen molar-refractivity contribution in [3.8, 4) is 0 Å². The molecule has 1 unspecified atom stereocenters. The number of rotatable bonds is 2. The van der Waals surface area contributed by atoms with E-state index in [-0.39, 0.29) is 5.97 Å². The topological polar surface area (TPSA) is 26.3 Å². The van der Waals surface area contributed by atoms with Gasteiger partial charge in [-0.2, -0.15) is 0 Å². The molecule has 0 N–H and O–H groups in total. The molecular weight excluding hydrogens is 308 g/mol. The summed E-state index contributed by atoms with van der Waals surface area (Å²) in [5, 5.41) is 0.609. The first-order valence-electron chi connectivity index (χ1n) is 7.36. The van der Waals surface area contributed by atoms with Gasteiger partial charge in [-0.1, -0.05) is 72.3 Å². The molecule has 0 spiro atoms. The fourth-order valence-corrected chi connectivity index (χ4v) is 3.38. The second-order valence-corrected chi connectivity index (χ2v) is 5.93. The largest absolute Gasteiger partial charge is 0.441 e. The van der Waals surface area contributed by atoms with Crippen LogP contribution in [-0.2, 0) is 10.3 Å². The highest BCUT2D eigenvalue weighted by Crippen LogP contribution is 2.47. The lowest BCUT2D eigenvalue weighted by Gasteiger charge is -2.30. The van der Waals surface area contributed by atoms with E-state index in [1.165, 1.54) is 0 Å². The van der Waals surface area contributed by atoms with Gasteiger partial charge in [-0.15, -0.1) is 0 Å². The zero-order valence-electron chi connectivity index (χ0n) is 12.2. The van der Waals surface area contributed by atoms with E-state index in [1.54, 1.807) is 6.07 Å². The lowest BCUT2D eigenvalue weighted by atomic mass is 9.80. The molecule has 0 aliphatic carbocycles. The number of carbonyl (C=O) groups excluding carboxylic acids is 1. The Hall–Kier alpha value is -2.58. The molecule has 1 aliphatic rings. The summed E-state index contributed by atoms with van der Waals surface area (Å²) < 4.78 is 5.95. The van der Waals surface area contributed by atoms with Gasteiger partial charge in [-0.3, -0.25) is 0 Å². The first-order valence-corrected chi connectivity index (χ1v) is 7.74. The first kappa shape index (κ1) is 14.0. The van der Waals surface area contributed by atoms with E-state index in [4.69, 9.17) is 16.3 Å². The third-order valence-corrected chi connectivity index (χ3v) is 4.42. The number of ether oxygens (including phenoxy) is 1. The molecule has 1 heterocycles. The Morgan fingerprint density at radius 3 is 2.26 bits per heavy atom. The molecule has 0 radical (unpaired) electrons. The van der Waals surface area contributed by atoms with Crippen molar-refractivity contribution in [2.45, 2.75) is 5.60 Å². The average molecular weight is 321 g/mol. The van der Waals surface area contributed by atoms with Crippen LogP contribution in [0.1, 0.15) is 27.0 Å². The number of carbonyl (C=O) groups is 1. The van der Waals surface area contributed by atoms with E-state index in [1.807, 2.05) is 72.8 Å². The lowest BCUT2D eigenvalue weighted by Crippen LogP contribution is -2.29.